The zero-order chi connectivity index (χ0) is 14.5. The fourth-order valence-electron chi connectivity index (χ4n) is 2.85. The first-order chi connectivity index (χ1) is 8.84. The molecular formula is C14H30N2O2S. The summed E-state index contributed by atoms with van der Waals surface area (Å²) in [6.45, 7) is 10.2. The Morgan fingerprint density at radius 3 is 2.58 bits per heavy atom. The predicted octanol–water partition coefficient (Wildman–Crippen LogP) is 1.93. The van der Waals surface area contributed by atoms with E-state index < -0.39 is 10.0 Å². The van der Waals surface area contributed by atoms with Crippen LogP contribution in [-0.4, -0.2) is 45.2 Å². The van der Waals surface area contributed by atoms with E-state index in [4.69, 9.17) is 0 Å². The zero-order valence-electron chi connectivity index (χ0n) is 12.9. The minimum absolute atomic E-state index is 0.530. The largest absolute Gasteiger partial charge is 0.317 e. The highest BCUT2D eigenvalue weighted by molar-refractivity contribution is 7.88. The van der Waals surface area contributed by atoms with Crippen LogP contribution < -0.4 is 5.32 Å². The van der Waals surface area contributed by atoms with Crippen molar-refractivity contribution in [3.05, 3.63) is 0 Å². The van der Waals surface area contributed by atoms with E-state index in [0.29, 0.717) is 24.3 Å². The van der Waals surface area contributed by atoms with Crippen LogP contribution in [0.1, 0.15) is 40.0 Å². The van der Waals surface area contributed by atoms with Crippen LogP contribution >= 0.6 is 0 Å². The van der Waals surface area contributed by atoms with Crippen LogP contribution in [0.25, 0.3) is 0 Å². The molecule has 0 saturated carbocycles. The molecule has 5 heteroatoms. The fourth-order valence-corrected chi connectivity index (χ4v) is 3.79. The van der Waals surface area contributed by atoms with E-state index in [1.807, 2.05) is 0 Å². The van der Waals surface area contributed by atoms with Gasteiger partial charge >= 0.3 is 0 Å². The lowest BCUT2D eigenvalue weighted by molar-refractivity contribution is 0.211. The van der Waals surface area contributed by atoms with Gasteiger partial charge in [0.15, 0.2) is 0 Å². The zero-order valence-corrected chi connectivity index (χ0v) is 13.7. The van der Waals surface area contributed by atoms with Crippen molar-refractivity contribution in [3.8, 4) is 0 Å². The van der Waals surface area contributed by atoms with Crippen LogP contribution in [-0.2, 0) is 10.0 Å². The Morgan fingerprint density at radius 1 is 1.32 bits per heavy atom. The number of piperidine rings is 1. The van der Waals surface area contributed by atoms with E-state index in [1.54, 1.807) is 4.31 Å². The van der Waals surface area contributed by atoms with Gasteiger partial charge in [0.1, 0.15) is 0 Å². The Balaban J connectivity index is 2.43. The second-order valence-electron chi connectivity index (χ2n) is 6.13. The number of hydrogen-bond donors (Lipinski definition) is 1. The summed E-state index contributed by atoms with van der Waals surface area (Å²) in [4.78, 5) is 0. The monoisotopic (exact) mass is 290 g/mol. The van der Waals surface area contributed by atoms with Crippen molar-refractivity contribution in [3.63, 3.8) is 0 Å². The predicted molar refractivity (Wildman–Crippen MR) is 80.6 cm³/mol. The molecule has 1 fully saturated rings. The molecular weight excluding hydrogens is 260 g/mol. The van der Waals surface area contributed by atoms with Crippen molar-refractivity contribution in [2.24, 2.45) is 17.8 Å². The lowest BCUT2D eigenvalue weighted by atomic mass is 9.83. The number of nitrogens with one attached hydrogen (secondary N) is 1. The Morgan fingerprint density at radius 2 is 2.00 bits per heavy atom. The SMILES string of the molecule is CCNCC(C)C(C)CC1CCCN(S(C)(=O)=O)C1. The van der Waals surface area contributed by atoms with Crippen LogP contribution in [0.3, 0.4) is 0 Å². The standard InChI is InChI=1S/C14H30N2O2S/c1-5-15-10-13(3)12(2)9-14-7-6-8-16(11-14)19(4,17)18/h12-15H,5-11H2,1-4H3. The molecule has 0 aromatic heterocycles. The van der Waals surface area contributed by atoms with E-state index in [-0.39, 0.29) is 0 Å². The number of nitrogens with zero attached hydrogens (tertiary/aromatic N) is 1. The van der Waals surface area contributed by atoms with Gasteiger partial charge in [-0.1, -0.05) is 20.8 Å². The minimum atomic E-state index is -3.01. The van der Waals surface area contributed by atoms with E-state index in [2.05, 4.69) is 26.1 Å². The Kier molecular flexibility index (Phi) is 6.77. The molecule has 19 heavy (non-hydrogen) atoms. The fraction of sp³-hybridized carbons (Fsp3) is 1.00. The van der Waals surface area contributed by atoms with Crippen molar-refractivity contribution >= 4 is 10.0 Å². The van der Waals surface area contributed by atoms with Gasteiger partial charge in [0.05, 0.1) is 6.26 Å². The summed E-state index contributed by atoms with van der Waals surface area (Å²) < 4.78 is 24.9. The highest BCUT2D eigenvalue weighted by Gasteiger charge is 2.27. The Bertz CT molecular complexity index is 356. The summed E-state index contributed by atoms with van der Waals surface area (Å²) in [6, 6.07) is 0. The number of rotatable bonds is 7. The first kappa shape index (κ1) is 16.9. The average molecular weight is 290 g/mol. The van der Waals surface area contributed by atoms with Gasteiger partial charge in [-0.2, -0.15) is 0 Å². The summed E-state index contributed by atoms with van der Waals surface area (Å²) in [5.74, 6) is 1.82. The van der Waals surface area contributed by atoms with Crippen LogP contribution in [0.4, 0.5) is 0 Å². The highest BCUT2D eigenvalue weighted by Crippen LogP contribution is 2.27. The Labute approximate surface area is 119 Å². The van der Waals surface area contributed by atoms with Gasteiger partial charge in [0.2, 0.25) is 10.0 Å². The molecule has 1 heterocycles. The normalized spacial score (nSPS) is 25.2. The smallest absolute Gasteiger partial charge is 0.211 e. The first-order valence-electron chi connectivity index (χ1n) is 7.50. The minimum Gasteiger partial charge on any atom is -0.317 e. The van der Waals surface area contributed by atoms with Gasteiger partial charge in [0.25, 0.3) is 0 Å². The second kappa shape index (κ2) is 7.60. The van der Waals surface area contributed by atoms with Crippen molar-refractivity contribution < 1.29 is 8.42 Å². The van der Waals surface area contributed by atoms with E-state index in [1.165, 1.54) is 12.7 Å². The second-order valence-corrected chi connectivity index (χ2v) is 8.11. The summed E-state index contributed by atoms with van der Waals surface area (Å²) in [5.41, 5.74) is 0. The Hall–Kier alpha value is -0.130. The van der Waals surface area contributed by atoms with Gasteiger partial charge in [-0.3, -0.25) is 0 Å². The molecule has 0 spiro atoms. The molecule has 1 N–H and O–H groups in total. The van der Waals surface area contributed by atoms with Gasteiger partial charge in [-0.25, -0.2) is 12.7 Å². The maximum absolute atomic E-state index is 11.6. The van der Waals surface area contributed by atoms with Crippen molar-refractivity contribution in [1.82, 2.24) is 9.62 Å². The van der Waals surface area contributed by atoms with Gasteiger partial charge in [0, 0.05) is 13.1 Å². The molecule has 1 aliphatic heterocycles. The van der Waals surface area contributed by atoms with Crippen molar-refractivity contribution in [2.75, 3.05) is 32.4 Å². The van der Waals surface area contributed by atoms with Gasteiger partial charge in [-0.15, -0.1) is 0 Å². The third-order valence-electron chi connectivity index (χ3n) is 4.34. The summed E-state index contributed by atoms with van der Waals surface area (Å²) in [7, 11) is -3.01. The molecule has 114 valence electrons. The molecule has 0 aromatic rings. The molecule has 0 aliphatic carbocycles. The van der Waals surface area contributed by atoms with Crippen LogP contribution in [0.15, 0.2) is 0 Å². The first-order valence-corrected chi connectivity index (χ1v) is 9.35. The maximum Gasteiger partial charge on any atom is 0.211 e. The van der Waals surface area contributed by atoms with E-state index in [0.717, 1.165) is 32.5 Å². The molecule has 1 aliphatic rings. The molecule has 0 amide bonds. The third kappa shape index (κ3) is 5.79. The van der Waals surface area contributed by atoms with Crippen LogP contribution in [0.2, 0.25) is 0 Å². The van der Waals surface area contributed by atoms with E-state index in [9.17, 15) is 8.42 Å². The molecule has 3 atom stereocenters. The molecule has 3 unspecified atom stereocenters. The van der Waals surface area contributed by atoms with Crippen LogP contribution in [0.5, 0.6) is 0 Å². The average Bonchev–Trinajstić information content (AvgIpc) is 2.35. The van der Waals surface area contributed by atoms with Gasteiger partial charge < -0.3 is 5.32 Å². The van der Waals surface area contributed by atoms with Crippen molar-refractivity contribution in [1.29, 1.82) is 0 Å². The maximum atomic E-state index is 11.6. The quantitative estimate of drug-likeness (QED) is 0.779. The lowest BCUT2D eigenvalue weighted by Crippen LogP contribution is -2.40. The molecule has 1 saturated heterocycles. The molecule has 0 bridgehead atoms. The van der Waals surface area contributed by atoms with E-state index >= 15 is 0 Å². The number of hydrogen-bond acceptors (Lipinski definition) is 3. The molecule has 4 nitrogen and oxygen atoms in total. The summed E-state index contributed by atoms with van der Waals surface area (Å²) >= 11 is 0. The molecule has 0 aromatic carbocycles. The number of sulfonamides is 1. The summed E-state index contributed by atoms with van der Waals surface area (Å²) in [5, 5.41) is 3.39. The molecule has 1 rings (SSSR count). The molecule has 0 radical (unpaired) electrons. The van der Waals surface area contributed by atoms with Crippen LogP contribution in [0, 0.1) is 17.8 Å². The lowest BCUT2D eigenvalue weighted by Gasteiger charge is -2.33. The topological polar surface area (TPSA) is 49.4 Å². The van der Waals surface area contributed by atoms with Crippen molar-refractivity contribution in [2.45, 2.75) is 40.0 Å². The van der Waals surface area contributed by atoms with Gasteiger partial charge in [-0.05, 0) is 50.1 Å². The highest BCUT2D eigenvalue weighted by atomic mass is 32.2. The third-order valence-corrected chi connectivity index (χ3v) is 5.61. The summed E-state index contributed by atoms with van der Waals surface area (Å²) in [6.07, 6.45) is 4.64.